The van der Waals surface area contributed by atoms with Crippen LogP contribution in [0.25, 0.3) is 0 Å². The van der Waals surface area contributed by atoms with E-state index in [0.29, 0.717) is 11.8 Å². The molecular weight excluding hydrogens is 267 g/mol. The number of aromatic nitrogens is 2. The van der Waals surface area contributed by atoms with E-state index in [1.165, 1.54) is 17.3 Å². The zero-order valence-electron chi connectivity index (χ0n) is 12.5. The lowest BCUT2D eigenvalue weighted by Crippen LogP contribution is -2.22. The van der Waals surface area contributed by atoms with Gasteiger partial charge in [0.25, 0.3) is 0 Å². The molecule has 110 valence electrons. The molecule has 0 spiro atoms. The topological polar surface area (TPSA) is 41.1 Å². The summed E-state index contributed by atoms with van der Waals surface area (Å²) >= 11 is 0. The average molecular weight is 286 g/mol. The maximum atomic E-state index is 13.6. The summed E-state index contributed by atoms with van der Waals surface area (Å²) in [6.45, 7) is 2.07. The van der Waals surface area contributed by atoms with Gasteiger partial charge in [0.1, 0.15) is 0 Å². The predicted octanol–water partition coefficient (Wildman–Crippen LogP) is 3.09. The number of halogens is 1. The first-order valence-electron chi connectivity index (χ1n) is 7.05. The Bertz CT molecular complexity index is 648. The highest BCUT2D eigenvalue weighted by Gasteiger charge is 2.45. The number of rotatable bonds is 4. The van der Waals surface area contributed by atoms with Crippen LogP contribution in [0.1, 0.15) is 24.0 Å². The maximum Gasteiger partial charge on any atom is 0.225 e. The van der Waals surface area contributed by atoms with Crippen molar-refractivity contribution in [3.8, 4) is 0 Å². The molecule has 0 amide bonds. The van der Waals surface area contributed by atoms with Crippen molar-refractivity contribution in [3.05, 3.63) is 47.4 Å². The zero-order chi connectivity index (χ0) is 15.0. The van der Waals surface area contributed by atoms with Gasteiger partial charge in [0.05, 0.1) is 11.7 Å². The Morgan fingerprint density at radius 2 is 1.86 bits per heavy atom. The Morgan fingerprint density at radius 1 is 1.19 bits per heavy atom. The third kappa shape index (κ3) is 2.68. The molecule has 1 heterocycles. The van der Waals surface area contributed by atoms with Crippen LogP contribution in [0.5, 0.6) is 0 Å². The van der Waals surface area contributed by atoms with Crippen molar-refractivity contribution in [3.63, 3.8) is 0 Å². The van der Waals surface area contributed by atoms with Gasteiger partial charge in [0.2, 0.25) is 5.95 Å². The Labute approximate surface area is 124 Å². The van der Waals surface area contributed by atoms with Crippen LogP contribution in [0.15, 0.2) is 30.5 Å². The Morgan fingerprint density at radius 3 is 2.43 bits per heavy atom. The van der Waals surface area contributed by atoms with E-state index in [-0.39, 0.29) is 5.54 Å². The van der Waals surface area contributed by atoms with Crippen molar-refractivity contribution in [1.82, 2.24) is 9.97 Å². The molecule has 0 saturated heterocycles. The van der Waals surface area contributed by atoms with E-state index in [4.69, 9.17) is 0 Å². The van der Waals surface area contributed by atoms with Crippen LogP contribution in [0.4, 0.5) is 16.2 Å². The molecule has 0 aliphatic heterocycles. The van der Waals surface area contributed by atoms with Gasteiger partial charge in [-0.15, -0.1) is 0 Å². The summed E-state index contributed by atoms with van der Waals surface area (Å²) in [6.07, 6.45) is 3.29. The number of nitrogens with one attached hydrogen (secondary N) is 1. The van der Waals surface area contributed by atoms with Crippen LogP contribution < -0.4 is 10.2 Å². The van der Waals surface area contributed by atoms with Gasteiger partial charge < -0.3 is 10.2 Å². The molecule has 5 heteroatoms. The van der Waals surface area contributed by atoms with E-state index in [0.717, 1.165) is 12.8 Å². The number of hydrogen-bond acceptors (Lipinski definition) is 4. The van der Waals surface area contributed by atoms with Crippen LogP contribution in [0, 0.1) is 12.7 Å². The van der Waals surface area contributed by atoms with Crippen LogP contribution >= 0.6 is 0 Å². The van der Waals surface area contributed by atoms with Crippen molar-refractivity contribution < 1.29 is 4.39 Å². The third-order valence-electron chi connectivity index (χ3n) is 3.85. The SMILES string of the molecule is Cc1ccc(C2(Nc3ncc(F)c(N(C)C)n3)CC2)cc1. The van der Waals surface area contributed by atoms with Gasteiger partial charge in [-0.3, -0.25) is 0 Å². The Balaban J connectivity index is 1.86. The minimum absolute atomic E-state index is 0.102. The first kappa shape index (κ1) is 13.8. The predicted molar refractivity (Wildman–Crippen MR) is 82.0 cm³/mol. The Kier molecular flexibility index (Phi) is 3.27. The van der Waals surface area contributed by atoms with Crippen LogP contribution in [-0.4, -0.2) is 24.1 Å². The van der Waals surface area contributed by atoms with Crippen LogP contribution in [0.3, 0.4) is 0 Å². The molecule has 21 heavy (non-hydrogen) atoms. The van der Waals surface area contributed by atoms with E-state index < -0.39 is 5.82 Å². The van der Waals surface area contributed by atoms with Crippen LogP contribution in [0.2, 0.25) is 0 Å². The molecule has 4 nitrogen and oxygen atoms in total. The highest BCUT2D eigenvalue weighted by Crippen LogP contribution is 2.47. The second kappa shape index (κ2) is 4.98. The summed E-state index contributed by atoms with van der Waals surface area (Å²) in [5.41, 5.74) is 2.37. The molecule has 1 aliphatic rings. The molecule has 0 radical (unpaired) electrons. The lowest BCUT2D eigenvalue weighted by atomic mass is 10.0. The summed E-state index contributed by atoms with van der Waals surface area (Å²) < 4.78 is 13.6. The van der Waals surface area contributed by atoms with E-state index >= 15 is 0 Å². The highest BCUT2D eigenvalue weighted by atomic mass is 19.1. The van der Waals surface area contributed by atoms with E-state index in [2.05, 4.69) is 46.5 Å². The quantitative estimate of drug-likeness (QED) is 0.937. The molecule has 0 unspecified atom stereocenters. The first-order chi connectivity index (χ1) is 10.00. The number of nitrogens with zero attached hydrogens (tertiary/aromatic N) is 3. The minimum Gasteiger partial charge on any atom is -0.360 e. The van der Waals surface area contributed by atoms with Crippen molar-refractivity contribution in [2.75, 3.05) is 24.3 Å². The van der Waals surface area contributed by atoms with Gasteiger partial charge in [0, 0.05) is 14.1 Å². The molecular formula is C16H19FN4. The lowest BCUT2D eigenvalue weighted by molar-refractivity contribution is 0.611. The third-order valence-corrected chi connectivity index (χ3v) is 3.85. The molecule has 2 aromatic rings. The van der Waals surface area contributed by atoms with Gasteiger partial charge in [-0.1, -0.05) is 29.8 Å². The largest absolute Gasteiger partial charge is 0.360 e. The molecule has 1 aliphatic carbocycles. The second-order valence-electron chi connectivity index (χ2n) is 5.83. The molecule has 1 aromatic carbocycles. The number of anilines is 2. The molecule has 1 aromatic heterocycles. The van der Waals surface area contributed by atoms with Crippen molar-refractivity contribution in [2.45, 2.75) is 25.3 Å². The monoisotopic (exact) mass is 286 g/mol. The Hall–Kier alpha value is -2.17. The summed E-state index contributed by atoms with van der Waals surface area (Å²) in [6, 6.07) is 8.47. The van der Waals surface area contributed by atoms with Crippen molar-refractivity contribution >= 4 is 11.8 Å². The summed E-state index contributed by atoms with van der Waals surface area (Å²) in [4.78, 5) is 9.98. The normalized spacial score (nSPS) is 15.6. The average Bonchev–Trinajstić information content (AvgIpc) is 3.22. The summed E-state index contributed by atoms with van der Waals surface area (Å²) in [7, 11) is 3.53. The maximum absolute atomic E-state index is 13.6. The fraction of sp³-hybridized carbons (Fsp3) is 0.375. The first-order valence-corrected chi connectivity index (χ1v) is 7.05. The minimum atomic E-state index is -0.411. The summed E-state index contributed by atoms with van der Waals surface area (Å²) in [5, 5.41) is 3.37. The van der Waals surface area contributed by atoms with E-state index in [9.17, 15) is 4.39 Å². The van der Waals surface area contributed by atoms with E-state index in [1.54, 1.807) is 19.0 Å². The number of hydrogen-bond donors (Lipinski definition) is 1. The molecule has 1 saturated carbocycles. The van der Waals surface area contributed by atoms with Gasteiger partial charge in [-0.2, -0.15) is 4.98 Å². The smallest absolute Gasteiger partial charge is 0.225 e. The van der Waals surface area contributed by atoms with Crippen molar-refractivity contribution in [1.29, 1.82) is 0 Å². The molecule has 0 bridgehead atoms. The van der Waals surface area contributed by atoms with E-state index in [1.807, 2.05) is 0 Å². The van der Waals surface area contributed by atoms with Gasteiger partial charge in [0.15, 0.2) is 11.6 Å². The number of benzene rings is 1. The fourth-order valence-electron chi connectivity index (χ4n) is 2.43. The van der Waals surface area contributed by atoms with Crippen molar-refractivity contribution in [2.24, 2.45) is 0 Å². The highest BCUT2D eigenvalue weighted by molar-refractivity contribution is 5.47. The molecule has 3 rings (SSSR count). The molecule has 1 N–H and O–H groups in total. The standard InChI is InChI=1S/C16H19FN4/c1-11-4-6-12(7-5-11)16(8-9-16)20-15-18-10-13(17)14(19-15)21(2)3/h4-7,10H,8-9H2,1-3H3,(H,18,19,20). The number of aryl methyl sites for hydroxylation is 1. The summed E-state index contributed by atoms with van der Waals surface area (Å²) in [5.74, 6) is 0.358. The van der Waals surface area contributed by atoms with Gasteiger partial charge in [-0.25, -0.2) is 9.37 Å². The van der Waals surface area contributed by atoms with Gasteiger partial charge in [-0.05, 0) is 25.3 Å². The molecule has 0 atom stereocenters. The molecule has 1 fully saturated rings. The lowest BCUT2D eigenvalue weighted by Gasteiger charge is -2.19. The zero-order valence-corrected chi connectivity index (χ0v) is 12.5. The second-order valence-corrected chi connectivity index (χ2v) is 5.83. The fourth-order valence-corrected chi connectivity index (χ4v) is 2.43. The van der Waals surface area contributed by atoms with Crippen LogP contribution in [-0.2, 0) is 5.54 Å². The van der Waals surface area contributed by atoms with Gasteiger partial charge >= 0.3 is 0 Å².